The molecule has 2 aromatic heterocycles. The molecule has 2 fully saturated rings. The van der Waals surface area contributed by atoms with E-state index in [-0.39, 0.29) is 5.97 Å². The van der Waals surface area contributed by atoms with Gasteiger partial charge in [0.05, 0.1) is 30.8 Å². The topological polar surface area (TPSA) is 76.6 Å². The lowest BCUT2D eigenvalue weighted by Gasteiger charge is -2.38. The second-order valence-corrected chi connectivity index (χ2v) is 9.67. The maximum Gasteiger partial charge on any atom is 0.338 e. The molecule has 3 aromatic rings. The highest BCUT2D eigenvalue weighted by atomic mass is 32.1. The largest absolute Gasteiger partial charge is 0.462 e. The summed E-state index contributed by atoms with van der Waals surface area (Å²) in [5.41, 5.74) is 0.565. The van der Waals surface area contributed by atoms with E-state index in [0.717, 1.165) is 59.0 Å². The summed E-state index contributed by atoms with van der Waals surface area (Å²) >= 11 is 1.63. The predicted octanol–water partition coefficient (Wildman–Crippen LogP) is 4.32. The number of hydrogen-bond acceptors (Lipinski definition) is 8. The highest BCUT2D eigenvalue weighted by molar-refractivity contribution is 7.25. The molecule has 2 aliphatic rings. The average Bonchev–Trinajstić information content (AvgIpc) is 3.22. The fourth-order valence-electron chi connectivity index (χ4n) is 4.98. The zero-order valence-electron chi connectivity index (χ0n) is 18.5. The Balaban J connectivity index is 1.29. The van der Waals surface area contributed by atoms with Gasteiger partial charge in [0.15, 0.2) is 0 Å². The van der Waals surface area contributed by atoms with Crippen LogP contribution in [0.4, 0.5) is 5.82 Å². The van der Waals surface area contributed by atoms with Crippen molar-refractivity contribution in [3.05, 3.63) is 30.1 Å². The third-order valence-corrected chi connectivity index (χ3v) is 7.79. The van der Waals surface area contributed by atoms with Crippen LogP contribution < -0.4 is 5.32 Å². The summed E-state index contributed by atoms with van der Waals surface area (Å²) < 4.78 is 11.8. The van der Waals surface area contributed by atoms with Crippen LogP contribution in [0.3, 0.4) is 0 Å². The van der Waals surface area contributed by atoms with E-state index in [1.807, 2.05) is 25.1 Å². The summed E-state index contributed by atoms with van der Waals surface area (Å²) in [7, 11) is 0. The van der Waals surface area contributed by atoms with Crippen LogP contribution in [0, 0.1) is 5.92 Å². The molecular weight excluding hydrogens is 424 g/mol. The monoisotopic (exact) mass is 454 g/mol. The highest BCUT2D eigenvalue weighted by Gasteiger charge is 2.27. The second kappa shape index (κ2) is 9.68. The molecular formula is C24H30N4O3S. The van der Waals surface area contributed by atoms with Crippen molar-refractivity contribution in [3.63, 3.8) is 0 Å². The number of carbonyl (C=O) groups is 1. The van der Waals surface area contributed by atoms with Gasteiger partial charge in [-0.3, -0.25) is 4.90 Å². The minimum Gasteiger partial charge on any atom is -0.462 e. The third kappa shape index (κ3) is 4.44. The number of fused-ring (bicyclic) bond motifs is 3. The van der Waals surface area contributed by atoms with Crippen LogP contribution in [0.15, 0.2) is 24.5 Å². The van der Waals surface area contributed by atoms with Gasteiger partial charge in [-0.15, -0.1) is 11.3 Å². The lowest BCUT2D eigenvalue weighted by Crippen LogP contribution is -2.45. The van der Waals surface area contributed by atoms with E-state index in [2.05, 4.69) is 20.2 Å². The smallest absolute Gasteiger partial charge is 0.338 e. The molecule has 1 saturated heterocycles. The molecule has 8 heteroatoms. The maximum absolute atomic E-state index is 12.2. The fraction of sp³-hybridized carbons (Fsp3) is 0.542. The van der Waals surface area contributed by atoms with Crippen molar-refractivity contribution < 1.29 is 14.3 Å². The van der Waals surface area contributed by atoms with Crippen LogP contribution in [-0.2, 0) is 9.47 Å². The first-order valence-electron chi connectivity index (χ1n) is 11.6. The molecule has 1 aliphatic heterocycles. The Morgan fingerprint density at radius 3 is 2.81 bits per heavy atom. The van der Waals surface area contributed by atoms with Crippen molar-refractivity contribution in [1.29, 1.82) is 0 Å². The molecule has 0 radical (unpaired) electrons. The molecule has 3 heterocycles. The summed E-state index contributed by atoms with van der Waals surface area (Å²) in [5.74, 6) is 1.21. The number of esters is 1. The van der Waals surface area contributed by atoms with Gasteiger partial charge in [0.2, 0.25) is 0 Å². The van der Waals surface area contributed by atoms with E-state index >= 15 is 0 Å². The molecule has 7 nitrogen and oxygen atoms in total. The van der Waals surface area contributed by atoms with Gasteiger partial charge in [-0.1, -0.05) is 0 Å². The van der Waals surface area contributed by atoms with E-state index in [1.165, 1.54) is 25.7 Å². The Morgan fingerprint density at radius 2 is 2.03 bits per heavy atom. The van der Waals surface area contributed by atoms with Gasteiger partial charge in [-0.05, 0) is 56.7 Å². The van der Waals surface area contributed by atoms with E-state index in [0.29, 0.717) is 24.1 Å². The van der Waals surface area contributed by atoms with Crippen LogP contribution in [0.5, 0.6) is 0 Å². The Bertz CT molecular complexity index is 1090. The standard InChI is InChI=1S/C24H30N4O3S/c1-2-31-24(29)17-5-8-20-19(13-17)21-22(26-15-27-23(21)32-20)25-14-16-3-6-18(7-4-16)28-9-11-30-12-10-28/h5,8,13,15-16,18H,2-4,6-7,9-12,14H2,1H3,(H,25,26,27). The average molecular weight is 455 g/mol. The Morgan fingerprint density at radius 1 is 1.22 bits per heavy atom. The van der Waals surface area contributed by atoms with Gasteiger partial charge in [0, 0.05) is 35.8 Å². The summed E-state index contributed by atoms with van der Waals surface area (Å²) in [6.07, 6.45) is 6.62. The van der Waals surface area contributed by atoms with Crippen molar-refractivity contribution in [3.8, 4) is 0 Å². The summed E-state index contributed by atoms with van der Waals surface area (Å²) in [6, 6.07) is 6.42. The lowest BCUT2D eigenvalue weighted by molar-refractivity contribution is 0.00539. The number of rotatable bonds is 6. The molecule has 0 unspecified atom stereocenters. The number of nitrogens with zero attached hydrogens (tertiary/aromatic N) is 3. The Labute approximate surface area is 192 Å². The number of carbonyl (C=O) groups excluding carboxylic acids is 1. The zero-order chi connectivity index (χ0) is 21.9. The number of anilines is 1. The van der Waals surface area contributed by atoms with Crippen LogP contribution >= 0.6 is 11.3 Å². The lowest BCUT2D eigenvalue weighted by atomic mass is 9.85. The molecule has 0 atom stereocenters. The number of benzene rings is 1. The minimum atomic E-state index is -0.294. The van der Waals surface area contributed by atoms with Crippen molar-refractivity contribution in [2.24, 2.45) is 5.92 Å². The number of ether oxygens (including phenoxy) is 2. The van der Waals surface area contributed by atoms with Crippen molar-refractivity contribution >= 4 is 43.4 Å². The van der Waals surface area contributed by atoms with Crippen LogP contribution in [-0.4, -0.2) is 66.3 Å². The van der Waals surface area contributed by atoms with Crippen LogP contribution in [0.2, 0.25) is 0 Å². The quantitative estimate of drug-likeness (QED) is 0.556. The van der Waals surface area contributed by atoms with Crippen LogP contribution in [0.1, 0.15) is 43.0 Å². The van der Waals surface area contributed by atoms with Crippen molar-refractivity contribution in [2.45, 2.75) is 38.6 Å². The normalized spacial score (nSPS) is 22.3. The molecule has 0 bridgehead atoms. The number of thiophene rings is 1. The van der Waals surface area contributed by atoms with E-state index in [4.69, 9.17) is 9.47 Å². The maximum atomic E-state index is 12.2. The molecule has 0 amide bonds. The first-order chi connectivity index (χ1) is 15.7. The SMILES string of the molecule is CCOC(=O)c1ccc2sc3ncnc(NCC4CCC(N5CCOCC5)CC4)c3c2c1. The number of morpholine rings is 1. The van der Waals surface area contributed by atoms with E-state index in [9.17, 15) is 4.79 Å². The molecule has 170 valence electrons. The molecule has 1 aromatic carbocycles. The summed E-state index contributed by atoms with van der Waals surface area (Å²) in [6.45, 7) is 6.99. The van der Waals surface area contributed by atoms with Crippen LogP contribution in [0.25, 0.3) is 20.3 Å². The van der Waals surface area contributed by atoms with Gasteiger partial charge in [-0.25, -0.2) is 14.8 Å². The molecule has 1 N–H and O–H groups in total. The second-order valence-electron chi connectivity index (χ2n) is 8.64. The molecule has 32 heavy (non-hydrogen) atoms. The Hall–Kier alpha value is -2.29. The number of nitrogens with one attached hydrogen (secondary N) is 1. The Kier molecular flexibility index (Phi) is 6.52. The van der Waals surface area contributed by atoms with Crippen molar-refractivity contribution in [1.82, 2.24) is 14.9 Å². The summed E-state index contributed by atoms with van der Waals surface area (Å²) in [5, 5.41) is 5.62. The van der Waals surface area contributed by atoms with Gasteiger partial charge < -0.3 is 14.8 Å². The first-order valence-corrected chi connectivity index (χ1v) is 12.4. The first kappa shape index (κ1) is 21.6. The summed E-state index contributed by atoms with van der Waals surface area (Å²) in [4.78, 5) is 24.8. The molecule has 0 spiro atoms. The molecule has 1 aliphatic carbocycles. The van der Waals surface area contributed by atoms with Gasteiger partial charge in [0.1, 0.15) is 17.0 Å². The third-order valence-electron chi connectivity index (χ3n) is 6.72. The zero-order valence-corrected chi connectivity index (χ0v) is 19.3. The molecule has 5 rings (SSSR count). The van der Waals surface area contributed by atoms with Gasteiger partial charge in [-0.2, -0.15) is 0 Å². The molecule has 1 saturated carbocycles. The highest BCUT2D eigenvalue weighted by Crippen LogP contribution is 2.37. The number of aromatic nitrogens is 2. The van der Waals surface area contributed by atoms with Gasteiger partial charge >= 0.3 is 5.97 Å². The minimum absolute atomic E-state index is 0.294. The van der Waals surface area contributed by atoms with Crippen molar-refractivity contribution in [2.75, 3.05) is 44.8 Å². The van der Waals surface area contributed by atoms with E-state index in [1.54, 1.807) is 17.7 Å². The predicted molar refractivity (Wildman–Crippen MR) is 128 cm³/mol. The van der Waals surface area contributed by atoms with Gasteiger partial charge in [0.25, 0.3) is 0 Å². The fourth-order valence-corrected chi connectivity index (χ4v) is 6.01. The number of hydrogen-bond donors (Lipinski definition) is 1. The van der Waals surface area contributed by atoms with E-state index < -0.39 is 0 Å².